The molecule has 0 spiro atoms. The number of nitrogens with two attached hydrogens (primary N) is 1. The van der Waals surface area contributed by atoms with E-state index in [0.717, 1.165) is 17.3 Å². The predicted molar refractivity (Wildman–Crippen MR) is 84.3 cm³/mol. The lowest BCUT2D eigenvalue weighted by atomic mass is 9.96. The van der Waals surface area contributed by atoms with E-state index < -0.39 is 0 Å². The van der Waals surface area contributed by atoms with Crippen molar-refractivity contribution >= 4 is 21.6 Å². The second-order valence-electron chi connectivity index (χ2n) is 5.68. The summed E-state index contributed by atoms with van der Waals surface area (Å²) in [7, 11) is 2.16. The topological polar surface area (TPSA) is 29.3 Å². The fourth-order valence-electron chi connectivity index (χ4n) is 1.93. The first-order valence-corrected chi connectivity index (χ1v) is 7.35. The Kier molecular flexibility index (Phi) is 5.23. The number of halogens is 1. The van der Waals surface area contributed by atoms with Crippen molar-refractivity contribution in [1.29, 1.82) is 0 Å². The van der Waals surface area contributed by atoms with Crippen LogP contribution in [-0.4, -0.2) is 18.6 Å². The highest BCUT2D eigenvalue weighted by atomic mass is 79.9. The van der Waals surface area contributed by atoms with Gasteiger partial charge in [0.15, 0.2) is 0 Å². The first kappa shape index (κ1) is 15.5. The average Bonchev–Trinajstić information content (AvgIpc) is 2.30. The minimum Gasteiger partial charge on any atom is -0.369 e. The summed E-state index contributed by atoms with van der Waals surface area (Å²) in [4.78, 5) is 2.36. The number of hydrogen-bond acceptors (Lipinski definition) is 2. The third-order valence-corrected chi connectivity index (χ3v) is 4.22. The first-order chi connectivity index (χ1) is 8.27. The van der Waals surface area contributed by atoms with Crippen LogP contribution in [0.25, 0.3) is 0 Å². The lowest BCUT2D eigenvalue weighted by Crippen LogP contribution is -2.41. The van der Waals surface area contributed by atoms with Gasteiger partial charge in [-0.25, -0.2) is 0 Å². The Morgan fingerprint density at radius 2 is 2.00 bits per heavy atom. The molecule has 0 saturated carbocycles. The lowest BCUT2D eigenvalue weighted by Gasteiger charge is -2.38. The van der Waals surface area contributed by atoms with Gasteiger partial charge in [-0.1, -0.05) is 28.9 Å². The molecule has 2 nitrogen and oxygen atoms in total. The number of anilines is 1. The molecule has 1 rings (SSSR count). The van der Waals surface area contributed by atoms with Crippen LogP contribution in [0.4, 0.5) is 5.69 Å². The highest BCUT2D eigenvalue weighted by Gasteiger charge is 2.23. The number of hydrogen-bond donors (Lipinski definition) is 1. The largest absolute Gasteiger partial charge is 0.369 e. The zero-order valence-electron chi connectivity index (χ0n) is 12.1. The van der Waals surface area contributed by atoms with E-state index in [1.807, 2.05) is 0 Å². The molecule has 1 aromatic carbocycles. The average molecular weight is 313 g/mol. The Hall–Kier alpha value is -0.540. The minimum absolute atomic E-state index is 0.146. The van der Waals surface area contributed by atoms with Gasteiger partial charge in [0.1, 0.15) is 0 Å². The minimum atomic E-state index is 0.146. The summed E-state index contributed by atoms with van der Waals surface area (Å²) in [6.45, 7) is 8.81. The first-order valence-electron chi connectivity index (χ1n) is 6.55. The molecule has 1 atom stereocenters. The van der Waals surface area contributed by atoms with Gasteiger partial charge in [0.2, 0.25) is 0 Å². The smallest absolute Gasteiger partial charge is 0.0412 e. The molecule has 0 heterocycles. The predicted octanol–water partition coefficient (Wildman–Crippen LogP) is 3.96. The molecule has 0 amide bonds. The second-order valence-corrected chi connectivity index (χ2v) is 6.60. The zero-order valence-corrected chi connectivity index (χ0v) is 13.7. The van der Waals surface area contributed by atoms with Crippen LogP contribution < -0.4 is 10.6 Å². The monoisotopic (exact) mass is 312 g/mol. The maximum absolute atomic E-state index is 5.94. The molecule has 1 aromatic rings. The SMILES string of the molecule is CCC(C)(C)N(C)c1cc(Br)ccc1CC(C)N. The van der Waals surface area contributed by atoms with Crippen LogP contribution in [0.1, 0.15) is 39.7 Å². The molecular weight excluding hydrogens is 288 g/mol. The van der Waals surface area contributed by atoms with Gasteiger partial charge in [-0.3, -0.25) is 0 Å². The van der Waals surface area contributed by atoms with E-state index in [2.05, 4.69) is 73.8 Å². The Balaban J connectivity index is 3.16. The summed E-state index contributed by atoms with van der Waals surface area (Å²) in [6, 6.07) is 6.64. The van der Waals surface area contributed by atoms with Crippen molar-refractivity contribution in [3.63, 3.8) is 0 Å². The van der Waals surface area contributed by atoms with E-state index in [4.69, 9.17) is 5.73 Å². The molecule has 3 heteroatoms. The highest BCUT2D eigenvalue weighted by Crippen LogP contribution is 2.31. The van der Waals surface area contributed by atoms with Crippen molar-refractivity contribution in [2.75, 3.05) is 11.9 Å². The van der Waals surface area contributed by atoms with E-state index in [1.54, 1.807) is 0 Å². The summed E-state index contributed by atoms with van der Waals surface area (Å²) in [5.74, 6) is 0. The third kappa shape index (κ3) is 3.72. The van der Waals surface area contributed by atoms with Gasteiger partial charge < -0.3 is 10.6 Å². The molecule has 18 heavy (non-hydrogen) atoms. The second kappa shape index (κ2) is 6.07. The summed E-state index contributed by atoms with van der Waals surface area (Å²) >= 11 is 3.56. The van der Waals surface area contributed by atoms with Gasteiger partial charge in [-0.2, -0.15) is 0 Å². The molecule has 0 fully saturated rings. The molecular formula is C15H25BrN2. The molecule has 0 aliphatic carbocycles. The van der Waals surface area contributed by atoms with Crippen molar-refractivity contribution in [1.82, 2.24) is 0 Å². The van der Waals surface area contributed by atoms with Gasteiger partial charge >= 0.3 is 0 Å². The fourth-order valence-corrected chi connectivity index (χ4v) is 2.28. The summed E-state index contributed by atoms with van der Waals surface area (Å²) in [6.07, 6.45) is 2.01. The van der Waals surface area contributed by atoms with E-state index in [1.165, 1.54) is 11.3 Å². The van der Waals surface area contributed by atoms with E-state index >= 15 is 0 Å². The summed E-state index contributed by atoms with van der Waals surface area (Å²) < 4.78 is 1.12. The van der Waals surface area contributed by atoms with Crippen LogP contribution in [0.15, 0.2) is 22.7 Å². The molecule has 102 valence electrons. The van der Waals surface area contributed by atoms with Crippen molar-refractivity contribution < 1.29 is 0 Å². The molecule has 0 aliphatic rings. The van der Waals surface area contributed by atoms with E-state index in [9.17, 15) is 0 Å². The van der Waals surface area contributed by atoms with Crippen LogP contribution >= 0.6 is 15.9 Å². The number of rotatable bonds is 5. The Morgan fingerprint density at radius 3 is 2.50 bits per heavy atom. The molecule has 0 bridgehead atoms. The van der Waals surface area contributed by atoms with Gasteiger partial charge in [0.05, 0.1) is 0 Å². The van der Waals surface area contributed by atoms with Crippen molar-refractivity contribution in [2.24, 2.45) is 5.73 Å². The maximum atomic E-state index is 5.94. The van der Waals surface area contributed by atoms with Gasteiger partial charge in [0.25, 0.3) is 0 Å². The Bertz CT molecular complexity index is 399. The number of nitrogens with zero attached hydrogens (tertiary/aromatic N) is 1. The standard InChI is InChI=1S/C15H25BrN2/c1-6-15(3,4)18(5)14-10-13(16)8-7-12(14)9-11(2)17/h7-8,10-11H,6,9,17H2,1-5H3. The van der Waals surface area contributed by atoms with Crippen LogP contribution in [-0.2, 0) is 6.42 Å². The quantitative estimate of drug-likeness (QED) is 0.891. The normalized spacial score (nSPS) is 13.5. The summed E-state index contributed by atoms with van der Waals surface area (Å²) in [5, 5.41) is 0. The van der Waals surface area contributed by atoms with Crippen LogP contribution in [0.3, 0.4) is 0 Å². The molecule has 0 saturated heterocycles. The fraction of sp³-hybridized carbons (Fsp3) is 0.600. The van der Waals surface area contributed by atoms with Crippen LogP contribution in [0.5, 0.6) is 0 Å². The molecule has 0 aromatic heterocycles. The molecule has 0 radical (unpaired) electrons. The Morgan fingerprint density at radius 1 is 1.39 bits per heavy atom. The van der Waals surface area contributed by atoms with E-state index in [-0.39, 0.29) is 11.6 Å². The molecule has 1 unspecified atom stereocenters. The van der Waals surface area contributed by atoms with Crippen LogP contribution in [0, 0.1) is 0 Å². The highest BCUT2D eigenvalue weighted by molar-refractivity contribution is 9.10. The van der Waals surface area contributed by atoms with Crippen molar-refractivity contribution in [3.8, 4) is 0 Å². The van der Waals surface area contributed by atoms with Crippen LogP contribution in [0.2, 0.25) is 0 Å². The molecule has 0 aliphatic heterocycles. The van der Waals surface area contributed by atoms with Crippen molar-refractivity contribution in [2.45, 2.75) is 52.1 Å². The summed E-state index contributed by atoms with van der Waals surface area (Å²) in [5.41, 5.74) is 8.68. The maximum Gasteiger partial charge on any atom is 0.0412 e. The van der Waals surface area contributed by atoms with Gasteiger partial charge in [-0.15, -0.1) is 0 Å². The van der Waals surface area contributed by atoms with Crippen molar-refractivity contribution in [3.05, 3.63) is 28.2 Å². The van der Waals surface area contributed by atoms with Gasteiger partial charge in [-0.05, 0) is 51.3 Å². The third-order valence-electron chi connectivity index (χ3n) is 3.72. The zero-order chi connectivity index (χ0) is 13.9. The lowest BCUT2D eigenvalue weighted by molar-refractivity contribution is 0.469. The Labute approximate surface area is 120 Å². The van der Waals surface area contributed by atoms with E-state index in [0.29, 0.717) is 0 Å². The van der Waals surface area contributed by atoms with Gasteiger partial charge in [0, 0.05) is 28.8 Å². The molecule has 2 N–H and O–H groups in total. The number of benzene rings is 1.